The monoisotopic (exact) mass is 325 g/mol. The van der Waals surface area contributed by atoms with Crippen LogP contribution in [0.1, 0.15) is 30.3 Å². The lowest BCUT2D eigenvalue weighted by Crippen LogP contribution is -2.39. The molecule has 1 aliphatic heterocycles. The molecule has 1 fully saturated rings. The van der Waals surface area contributed by atoms with Crippen LogP contribution in [0, 0.1) is 12.8 Å². The van der Waals surface area contributed by atoms with E-state index in [0.717, 1.165) is 17.1 Å². The Balaban J connectivity index is 0.00000161. The van der Waals surface area contributed by atoms with Crippen molar-refractivity contribution in [1.82, 2.24) is 9.88 Å². The highest BCUT2D eigenvalue weighted by Gasteiger charge is 2.21. The number of rotatable bonds is 3. The Morgan fingerprint density at radius 3 is 2.76 bits per heavy atom. The van der Waals surface area contributed by atoms with Gasteiger partial charge in [0, 0.05) is 12.6 Å². The van der Waals surface area contributed by atoms with Gasteiger partial charge in [-0.05, 0) is 63.4 Å². The van der Waals surface area contributed by atoms with E-state index >= 15 is 0 Å². The molecule has 2 N–H and O–H groups in total. The molecular formula is C16H24ClN3S. The summed E-state index contributed by atoms with van der Waals surface area (Å²) in [5.74, 6) is 0.706. The van der Waals surface area contributed by atoms with Crippen LogP contribution in [0.3, 0.4) is 0 Å². The maximum atomic E-state index is 6.01. The molecule has 0 bridgehead atoms. The van der Waals surface area contributed by atoms with E-state index in [9.17, 15) is 0 Å². The quantitative estimate of drug-likeness (QED) is 0.937. The summed E-state index contributed by atoms with van der Waals surface area (Å²) in [6.45, 7) is 7.61. The number of hydrogen-bond acceptors (Lipinski definition) is 4. The van der Waals surface area contributed by atoms with Gasteiger partial charge in [0.2, 0.25) is 0 Å². The highest BCUT2D eigenvalue weighted by Crippen LogP contribution is 2.25. The van der Waals surface area contributed by atoms with Crippen LogP contribution >= 0.6 is 23.7 Å². The zero-order valence-electron chi connectivity index (χ0n) is 12.7. The van der Waals surface area contributed by atoms with Gasteiger partial charge in [-0.15, -0.1) is 23.7 Å². The minimum Gasteiger partial charge on any atom is -0.328 e. The molecule has 0 radical (unpaired) electrons. The van der Waals surface area contributed by atoms with Crippen molar-refractivity contribution in [3.63, 3.8) is 0 Å². The summed E-state index contributed by atoms with van der Waals surface area (Å²) >= 11 is 1.79. The Kier molecular flexibility index (Phi) is 5.60. The molecule has 116 valence electrons. The van der Waals surface area contributed by atoms with E-state index in [0.29, 0.717) is 12.0 Å². The first kappa shape index (κ1) is 16.7. The average molecular weight is 326 g/mol. The number of aromatic nitrogens is 1. The Bertz CT molecular complexity index is 588. The van der Waals surface area contributed by atoms with Gasteiger partial charge in [-0.3, -0.25) is 4.90 Å². The molecular weight excluding hydrogens is 302 g/mol. The summed E-state index contributed by atoms with van der Waals surface area (Å²) in [6.07, 6.45) is 2.47. The number of piperidine rings is 1. The Labute approximate surface area is 137 Å². The fourth-order valence-corrected chi connectivity index (χ4v) is 3.97. The van der Waals surface area contributed by atoms with Crippen LogP contribution in [0.4, 0.5) is 0 Å². The van der Waals surface area contributed by atoms with E-state index in [1.807, 2.05) is 0 Å². The van der Waals surface area contributed by atoms with Crippen LogP contribution in [0.25, 0.3) is 10.2 Å². The van der Waals surface area contributed by atoms with Gasteiger partial charge < -0.3 is 5.73 Å². The zero-order chi connectivity index (χ0) is 14.1. The van der Waals surface area contributed by atoms with Crippen LogP contribution in [-0.2, 0) is 6.54 Å². The Morgan fingerprint density at radius 2 is 2.10 bits per heavy atom. The largest absolute Gasteiger partial charge is 0.328 e. The third-order valence-corrected chi connectivity index (χ3v) is 5.28. The molecule has 2 aromatic rings. The lowest BCUT2D eigenvalue weighted by atomic mass is 9.91. The predicted molar refractivity (Wildman–Crippen MR) is 93.3 cm³/mol. The van der Waals surface area contributed by atoms with Crippen molar-refractivity contribution >= 4 is 34.0 Å². The minimum absolute atomic E-state index is 0. The lowest BCUT2D eigenvalue weighted by molar-refractivity contribution is 0.166. The van der Waals surface area contributed by atoms with Crippen molar-refractivity contribution in [1.29, 1.82) is 0 Å². The van der Waals surface area contributed by atoms with Crippen molar-refractivity contribution in [2.24, 2.45) is 11.7 Å². The summed E-state index contributed by atoms with van der Waals surface area (Å²) in [4.78, 5) is 7.07. The zero-order valence-corrected chi connectivity index (χ0v) is 14.3. The molecule has 0 saturated carbocycles. The van der Waals surface area contributed by atoms with Crippen molar-refractivity contribution in [2.45, 2.75) is 39.3 Å². The summed E-state index contributed by atoms with van der Waals surface area (Å²) in [5.41, 5.74) is 8.54. The molecule has 3 nitrogen and oxygen atoms in total. The van der Waals surface area contributed by atoms with Crippen molar-refractivity contribution in [3.05, 3.63) is 28.8 Å². The molecule has 1 aromatic carbocycles. The number of fused-ring (bicyclic) bond motifs is 1. The minimum atomic E-state index is 0. The third kappa shape index (κ3) is 3.95. The first-order valence-electron chi connectivity index (χ1n) is 7.46. The molecule has 0 spiro atoms. The van der Waals surface area contributed by atoms with E-state index < -0.39 is 0 Å². The van der Waals surface area contributed by atoms with E-state index in [-0.39, 0.29) is 12.4 Å². The Hall–Kier alpha value is -0.680. The normalized spacial score (nSPS) is 18.6. The molecule has 1 saturated heterocycles. The predicted octanol–water partition coefficient (Wildman–Crippen LogP) is 3.59. The van der Waals surface area contributed by atoms with Crippen molar-refractivity contribution in [3.8, 4) is 0 Å². The number of aryl methyl sites for hydroxylation is 1. The maximum Gasteiger partial charge on any atom is 0.0907 e. The van der Waals surface area contributed by atoms with Gasteiger partial charge in [0.15, 0.2) is 0 Å². The molecule has 2 heterocycles. The van der Waals surface area contributed by atoms with Crippen LogP contribution in [0.2, 0.25) is 0 Å². The summed E-state index contributed by atoms with van der Waals surface area (Å²) in [7, 11) is 0. The molecule has 1 unspecified atom stereocenters. The number of likely N-dealkylation sites (tertiary alicyclic amines) is 1. The van der Waals surface area contributed by atoms with Gasteiger partial charge in [-0.25, -0.2) is 4.98 Å². The number of thiazole rings is 1. The summed E-state index contributed by atoms with van der Waals surface area (Å²) in [6, 6.07) is 7.02. The topological polar surface area (TPSA) is 42.2 Å². The van der Waals surface area contributed by atoms with Gasteiger partial charge in [0.05, 0.1) is 15.2 Å². The van der Waals surface area contributed by atoms with Gasteiger partial charge in [-0.2, -0.15) is 0 Å². The van der Waals surface area contributed by atoms with Gasteiger partial charge >= 0.3 is 0 Å². The molecule has 1 aliphatic rings. The van der Waals surface area contributed by atoms with Crippen LogP contribution < -0.4 is 5.73 Å². The van der Waals surface area contributed by atoms with Gasteiger partial charge in [0.1, 0.15) is 0 Å². The molecule has 21 heavy (non-hydrogen) atoms. The lowest BCUT2D eigenvalue weighted by Gasteiger charge is -2.33. The van der Waals surface area contributed by atoms with E-state index in [2.05, 4.69) is 41.9 Å². The molecule has 1 aromatic heterocycles. The number of nitrogens with two attached hydrogens (primary N) is 1. The van der Waals surface area contributed by atoms with Gasteiger partial charge in [-0.1, -0.05) is 6.07 Å². The van der Waals surface area contributed by atoms with Crippen LogP contribution in [0.15, 0.2) is 18.2 Å². The summed E-state index contributed by atoms with van der Waals surface area (Å²) in [5, 5.41) is 1.15. The van der Waals surface area contributed by atoms with E-state index in [4.69, 9.17) is 5.73 Å². The first-order chi connectivity index (χ1) is 9.61. The number of hydrogen-bond donors (Lipinski definition) is 1. The van der Waals surface area contributed by atoms with Crippen LogP contribution in [0.5, 0.6) is 0 Å². The molecule has 0 aliphatic carbocycles. The Morgan fingerprint density at radius 1 is 1.38 bits per heavy atom. The highest BCUT2D eigenvalue weighted by molar-refractivity contribution is 7.18. The number of benzene rings is 1. The number of halogens is 1. The fourth-order valence-electron chi connectivity index (χ4n) is 3.08. The first-order valence-corrected chi connectivity index (χ1v) is 8.27. The SMILES string of the molecule is Cc1nc2ccc(CN3CCC(C(C)N)CC3)cc2s1.Cl. The van der Waals surface area contributed by atoms with Crippen molar-refractivity contribution < 1.29 is 0 Å². The van der Waals surface area contributed by atoms with E-state index in [1.165, 1.54) is 36.2 Å². The molecule has 3 rings (SSSR count). The maximum absolute atomic E-state index is 6.01. The summed E-state index contributed by atoms with van der Waals surface area (Å²) < 4.78 is 1.31. The second-order valence-electron chi connectivity index (χ2n) is 6.01. The van der Waals surface area contributed by atoms with Crippen LogP contribution in [-0.4, -0.2) is 29.0 Å². The van der Waals surface area contributed by atoms with Crippen molar-refractivity contribution in [2.75, 3.05) is 13.1 Å². The third-order valence-electron chi connectivity index (χ3n) is 4.34. The van der Waals surface area contributed by atoms with Gasteiger partial charge in [0.25, 0.3) is 0 Å². The fraction of sp³-hybridized carbons (Fsp3) is 0.562. The highest BCUT2D eigenvalue weighted by atomic mass is 35.5. The molecule has 0 amide bonds. The number of nitrogens with zero attached hydrogens (tertiary/aromatic N) is 2. The smallest absolute Gasteiger partial charge is 0.0907 e. The average Bonchev–Trinajstić information content (AvgIpc) is 2.78. The van der Waals surface area contributed by atoms with E-state index in [1.54, 1.807) is 11.3 Å². The molecule has 1 atom stereocenters. The second-order valence-corrected chi connectivity index (χ2v) is 7.24. The second kappa shape index (κ2) is 7.05. The molecule has 5 heteroatoms. The standard InChI is InChI=1S/C16H23N3S.ClH/c1-11(17)14-5-7-19(8-6-14)10-13-3-4-15-16(9-13)20-12(2)18-15;/h3-4,9,11,14H,5-8,10,17H2,1-2H3;1H.